The number of alkyl halides is 1. The van der Waals surface area contributed by atoms with E-state index in [-0.39, 0.29) is 11.9 Å². The summed E-state index contributed by atoms with van der Waals surface area (Å²) in [4.78, 5) is 21.6. The zero-order valence-corrected chi connectivity index (χ0v) is 8.35. The van der Waals surface area contributed by atoms with Crippen LogP contribution in [0.4, 0.5) is 4.79 Å². The topological polar surface area (TPSA) is 67.4 Å². The van der Waals surface area contributed by atoms with E-state index in [2.05, 4.69) is 5.32 Å². The number of hydrogen-bond donors (Lipinski definition) is 2. The van der Waals surface area contributed by atoms with Crippen molar-refractivity contribution in [2.24, 2.45) is 0 Å². The second kappa shape index (κ2) is 6.68. The minimum Gasteiger partial charge on any atom is -0.383 e. The second-order valence-electron chi connectivity index (χ2n) is 2.51. The first-order valence-electron chi connectivity index (χ1n) is 3.75. The highest BCUT2D eigenvalue weighted by molar-refractivity contribution is 6.28. The summed E-state index contributed by atoms with van der Waals surface area (Å²) in [6, 6.07) is -0.705. The normalized spacial score (nSPS) is 11.9. The molecule has 0 bridgehead atoms. The SMILES string of the molecule is COCC(C)NC(=O)NC(=O)CCl. The van der Waals surface area contributed by atoms with E-state index >= 15 is 0 Å². The Morgan fingerprint density at radius 2 is 2.15 bits per heavy atom. The first-order chi connectivity index (χ1) is 6.10. The molecule has 1 atom stereocenters. The van der Waals surface area contributed by atoms with Gasteiger partial charge in [0.05, 0.1) is 12.6 Å². The number of hydrogen-bond acceptors (Lipinski definition) is 3. The van der Waals surface area contributed by atoms with Gasteiger partial charge in [-0.3, -0.25) is 10.1 Å². The van der Waals surface area contributed by atoms with E-state index in [1.807, 2.05) is 5.32 Å². The average molecular weight is 209 g/mol. The van der Waals surface area contributed by atoms with Crippen LogP contribution in [-0.2, 0) is 9.53 Å². The lowest BCUT2D eigenvalue weighted by molar-refractivity contribution is -0.117. The van der Waals surface area contributed by atoms with E-state index in [1.54, 1.807) is 6.92 Å². The molecule has 6 heteroatoms. The lowest BCUT2D eigenvalue weighted by Crippen LogP contribution is -2.45. The van der Waals surface area contributed by atoms with Gasteiger partial charge in [0.2, 0.25) is 5.91 Å². The maximum Gasteiger partial charge on any atom is 0.321 e. The maximum atomic E-state index is 10.9. The molecule has 0 heterocycles. The summed E-state index contributed by atoms with van der Waals surface area (Å²) in [6.07, 6.45) is 0. The molecule has 1 unspecified atom stereocenters. The Kier molecular flexibility index (Phi) is 6.26. The molecule has 0 spiro atoms. The van der Waals surface area contributed by atoms with Crippen molar-refractivity contribution in [2.45, 2.75) is 13.0 Å². The van der Waals surface area contributed by atoms with Crippen LogP contribution in [0.5, 0.6) is 0 Å². The predicted octanol–water partition coefficient (Wildman–Crippen LogP) is 0.0859. The summed E-state index contributed by atoms with van der Waals surface area (Å²) in [7, 11) is 1.53. The number of carbonyl (C=O) groups excluding carboxylic acids is 2. The van der Waals surface area contributed by atoms with E-state index in [4.69, 9.17) is 16.3 Å². The van der Waals surface area contributed by atoms with Crippen molar-refractivity contribution in [3.63, 3.8) is 0 Å². The van der Waals surface area contributed by atoms with Gasteiger partial charge in [0, 0.05) is 7.11 Å². The first kappa shape index (κ1) is 12.2. The molecule has 5 nitrogen and oxygen atoms in total. The molecular formula is C7H13ClN2O3. The van der Waals surface area contributed by atoms with Gasteiger partial charge < -0.3 is 10.1 Å². The molecule has 0 radical (unpaired) electrons. The Balaban J connectivity index is 3.67. The number of urea groups is 1. The zero-order valence-electron chi connectivity index (χ0n) is 7.59. The molecule has 76 valence electrons. The monoisotopic (exact) mass is 208 g/mol. The lowest BCUT2D eigenvalue weighted by Gasteiger charge is -2.12. The number of halogens is 1. The van der Waals surface area contributed by atoms with Gasteiger partial charge in [-0.05, 0) is 6.92 Å². The van der Waals surface area contributed by atoms with Gasteiger partial charge in [0.1, 0.15) is 5.88 Å². The van der Waals surface area contributed by atoms with Crippen LogP contribution >= 0.6 is 11.6 Å². The number of imide groups is 1. The molecule has 0 fully saturated rings. The summed E-state index contributed by atoms with van der Waals surface area (Å²) >= 11 is 5.18. The van der Waals surface area contributed by atoms with Crippen LogP contribution in [0.3, 0.4) is 0 Å². The smallest absolute Gasteiger partial charge is 0.321 e. The molecule has 0 saturated carbocycles. The molecule has 0 aromatic carbocycles. The number of rotatable bonds is 4. The number of carbonyl (C=O) groups is 2. The summed E-state index contributed by atoms with van der Waals surface area (Å²) in [5, 5.41) is 4.53. The van der Waals surface area contributed by atoms with Gasteiger partial charge in [-0.15, -0.1) is 11.6 Å². The largest absolute Gasteiger partial charge is 0.383 e. The van der Waals surface area contributed by atoms with Gasteiger partial charge in [-0.25, -0.2) is 4.79 Å². The highest BCUT2D eigenvalue weighted by atomic mass is 35.5. The Morgan fingerprint density at radius 1 is 1.54 bits per heavy atom. The third-order valence-electron chi connectivity index (χ3n) is 1.17. The minimum absolute atomic E-state index is 0.145. The molecule has 2 N–H and O–H groups in total. The summed E-state index contributed by atoms with van der Waals surface area (Å²) < 4.78 is 4.78. The van der Waals surface area contributed by atoms with Gasteiger partial charge in [-0.1, -0.05) is 0 Å². The van der Waals surface area contributed by atoms with Gasteiger partial charge in [0.15, 0.2) is 0 Å². The van der Waals surface area contributed by atoms with E-state index in [1.165, 1.54) is 7.11 Å². The predicted molar refractivity (Wildman–Crippen MR) is 48.7 cm³/mol. The molecule has 0 saturated heterocycles. The molecule has 13 heavy (non-hydrogen) atoms. The third kappa shape index (κ3) is 6.36. The Morgan fingerprint density at radius 3 is 2.62 bits per heavy atom. The van der Waals surface area contributed by atoms with Gasteiger partial charge in [-0.2, -0.15) is 0 Å². The summed E-state index contributed by atoms with van der Waals surface area (Å²) in [5.41, 5.74) is 0. The van der Waals surface area contributed by atoms with Crippen LogP contribution in [0, 0.1) is 0 Å². The van der Waals surface area contributed by atoms with Crippen molar-refractivity contribution in [3.8, 4) is 0 Å². The average Bonchev–Trinajstić information content (AvgIpc) is 2.04. The van der Waals surface area contributed by atoms with Crippen LogP contribution in [0.15, 0.2) is 0 Å². The number of nitrogens with one attached hydrogen (secondary N) is 2. The molecule has 0 aliphatic rings. The van der Waals surface area contributed by atoms with E-state index in [0.29, 0.717) is 6.61 Å². The van der Waals surface area contributed by atoms with Crippen molar-refractivity contribution in [3.05, 3.63) is 0 Å². The second-order valence-corrected chi connectivity index (χ2v) is 2.78. The first-order valence-corrected chi connectivity index (χ1v) is 4.28. The van der Waals surface area contributed by atoms with Crippen LogP contribution in [-0.4, -0.2) is 37.6 Å². The van der Waals surface area contributed by atoms with E-state index in [0.717, 1.165) is 0 Å². The maximum absolute atomic E-state index is 10.9. The Hall–Kier alpha value is -0.810. The molecule has 0 aliphatic heterocycles. The minimum atomic E-state index is -0.560. The third-order valence-corrected chi connectivity index (χ3v) is 1.41. The highest BCUT2D eigenvalue weighted by Crippen LogP contribution is 1.82. The number of methoxy groups -OCH3 is 1. The van der Waals surface area contributed by atoms with Crippen molar-refractivity contribution in [1.29, 1.82) is 0 Å². The van der Waals surface area contributed by atoms with Gasteiger partial charge >= 0.3 is 6.03 Å². The van der Waals surface area contributed by atoms with E-state index in [9.17, 15) is 9.59 Å². The fourth-order valence-electron chi connectivity index (χ4n) is 0.712. The number of ether oxygens (including phenoxy) is 1. The molecule has 0 aliphatic carbocycles. The molecular weight excluding hydrogens is 196 g/mol. The van der Waals surface area contributed by atoms with Crippen LogP contribution in [0.2, 0.25) is 0 Å². The van der Waals surface area contributed by atoms with Crippen LogP contribution < -0.4 is 10.6 Å². The molecule has 3 amide bonds. The van der Waals surface area contributed by atoms with E-state index < -0.39 is 11.9 Å². The summed E-state index contributed by atoms with van der Waals surface area (Å²) in [5.74, 6) is -0.754. The highest BCUT2D eigenvalue weighted by Gasteiger charge is 2.08. The van der Waals surface area contributed by atoms with Crippen molar-refractivity contribution >= 4 is 23.5 Å². The zero-order chi connectivity index (χ0) is 10.3. The number of amides is 3. The van der Waals surface area contributed by atoms with Crippen molar-refractivity contribution in [1.82, 2.24) is 10.6 Å². The Labute approximate surface area is 81.8 Å². The van der Waals surface area contributed by atoms with Crippen molar-refractivity contribution in [2.75, 3.05) is 19.6 Å². The van der Waals surface area contributed by atoms with Gasteiger partial charge in [0.25, 0.3) is 0 Å². The molecule has 0 aromatic rings. The molecule has 0 rings (SSSR count). The standard InChI is InChI=1S/C7H13ClN2O3/c1-5(4-13-2)9-7(12)10-6(11)3-8/h5H,3-4H2,1-2H3,(H2,9,10,11,12). The fourth-order valence-corrected chi connectivity index (χ4v) is 0.778. The summed E-state index contributed by atoms with van der Waals surface area (Å²) in [6.45, 7) is 2.15. The fraction of sp³-hybridized carbons (Fsp3) is 0.714. The quantitative estimate of drug-likeness (QED) is 0.644. The van der Waals surface area contributed by atoms with Crippen LogP contribution in [0.1, 0.15) is 6.92 Å². The van der Waals surface area contributed by atoms with Crippen molar-refractivity contribution < 1.29 is 14.3 Å². The Bertz CT molecular complexity index is 187. The lowest BCUT2D eigenvalue weighted by atomic mass is 10.4. The molecule has 0 aromatic heterocycles. The van der Waals surface area contributed by atoms with Crippen LogP contribution in [0.25, 0.3) is 0 Å².